The number of carbonyl (C=O) groups excluding carboxylic acids is 2. The summed E-state index contributed by atoms with van der Waals surface area (Å²) in [7, 11) is 0. The van der Waals surface area contributed by atoms with E-state index in [0.29, 0.717) is 48.7 Å². The molecule has 10 heteroatoms. The van der Waals surface area contributed by atoms with E-state index in [2.05, 4.69) is 20.6 Å². The van der Waals surface area contributed by atoms with Crippen LogP contribution in [0.25, 0.3) is 11.3 Å². The van der Waals surface area contributed by atoms with Crippen molar-refractivity contribution in [3.8, 4) is 22.9 Å². The highest BCUT2D eigenvalue weighted by Crippen LogP contribution is 2.35. The third-order valence-corrected chi connectivity index (χ3v) is 8.53. The van der Waals surface area contributed by atoms with E-state index in [0.717, 1.165) is 48.1 Å². The average Bonchev–Trinajstić information content (AvgIpc) is 3.01. The second-order valence-electron chi connectivity index (χ2n) is 13.3. The molecule has 10 nitrogen and oxygen atoms in total. The summed E-state index contributed by atoms with van der Waals surface area (Å²) in [5.41, 5.74) is 3.55. The van der Waals surface area contributed by atoms with Crippen LogP contribution in [0, 0.1) is 19.8 Å². The lowest BCUT2D eigenvalue weighted by atomic mass is 9.87. The molecule has 240 valence electrons. The fourth-order valence-corrected chi connectivity index (χ4v) is 6.02. The number of piperidine rings is 1. The van der Waals surface area contributed by atoms with Crippen molar-refractivity contribution in [1.82, 2.24) is 19.9 Å². The Balaban J connectivity index is 1.26. The molecule has 2 N–H and O–H groups in total. The van der Waals surface area contributed by atoms with Crippen molar-refractivity contribution in [2.75, 3.05) is 23.7 Å². The van der Waals surface area contributed by atoms with Gasteiger partial charge in [-0.25, -0.2) is 19.7 Å². The highest BCUT2D eigenvalue weighted by atomic mass is 16.6. The van der Waals surface area contributed by atoms with E-state index in [4.69, 9.17) is 14.5 Å². The van der Waals surface area contributed by atoms with Crippen LogP contribution in [0.2, 0.25) is 0 Å². The predicted molar refractivity (Wildman–Crippen MR) is 176 cm³/mol. The highest BCUT2D eigenvalue weighted by Gasteiger charge is 2.28. The quantitative estimate of drug-likeness (QED) is 0.265. The van der Waals surface area contributed by atoms with E-state index >= 15 is 0 Å². The highest BCUT2D eigenvalue weighted by molar-refractivity contribution is 5.92. The number of ether oxygens (including phenoxy) is 2. The van der Waals surface area contributed by atoms with Crippen molar-refractivity contribution in [3.63, 3.8) is 0 Å². The Hall–Kier alpha value is -4.21. The minimum Gasteiger partial charge on any atom is -0.444 e. The molecule has 0 bridgehead atoms. The second kappa shape index (κ2) is 14.3. The molecule has 3 aromatic rings. The van der Waals surface area contributed by atoms with Crippen molar-refractivity contribution in [1.29, 1.82) is 0 Å². The normalized spacial score (nSPS) is 17.4. The topological polar surface area (TPSA) is 119 Å². The number of hydrogen-bond acceptors (Lipinski definition) is 8. The smallest absolute Gasteiger partial charge is 0.410 e. The lowest BCUT2D eigenvalue weighted by Gasteiger charge is -2.34. The Morgan fingerprint density at radius 2 is 1.76 bits per heavy atom. The van der Waals surface area contributed by atoms with E-state index in [1.54, 1.807) is 17.3 Å². The average molecular weight is 615 g/mol. The van der Waals surface area contributed by atoms with Gasteiger partial charge in [0.15, 0.2) is 0 Å². The van der Waals surface area contributed by atoms with Gasteiger partial charge in [0.05, 0.1) is 11.3 Å². The van der Waals surface area contributed by atoms with Gasteiger partial charge in [0.25, 0.3) is 0 Å². The SMILES string of the molecule is Cc1c(NC(=O)CC2CCCCC2)ccc(Oc2ncccc2-c2ccnc(N[C@H]3CCCN(C(=O)OC(C)(C)C)C3)n2)c1C. The summed E-state index contributed by atoms with van der Waals surface area (Å²) in [4.78, 5) is 40.9. The molecule has 45 heavy (non-hydrogen) atoms. The van der Waals surface area contributed by atoms with Gasteiger partial charge in [0, 0.05) is 43.6 Å². The molecule has 0 unspecified atom stereocenters. The Morgan fingerprint density at radius 1 is 0.956 bits per heavy atom. The van der Waals surface area contributed by atoms with Gasteiger partial charge in [0.1, 0.15) is 11.4 Å². The molecule has 5 rings (SSSR count). The fraction of sp³-hybridized carbons (Fsp3) is 0.514. The summed E-state index contributed by atoms with van der Waals surface area (Å²) in [6.07, 6.45) is 11.4. The molecular formula is C35H46N6O4. The molecule has 2 aliphatic rings. The number of anilines is 2. The number of likely N-dealkylation sites (tertiary alicyclic amines) is 1. The summed E-state index contributed by atoms with van der Waals surface area (Å²) in [5, 5.41) is 6.53. The molecule has 2 amide bonds. The van der Waals surface area contributed by atoms with Gasteiger partial charge in [0.2, 0.25) is 17.7 Å². The van der Waals surface area contributed by atoms with E-state index in [1.165, 1.54) is 19.3 Å². The molecule has 0 spiro atoms. The molecule has 2 aromatic heterocycles. The number of carbonyl (C=O) groups is 2. The van der Waals surface area contributed by atoms with Crippen LogP contribution in [0.5, 0.6) is 11.6 Å². The Kier molecular flexibility index (Phi) is 10.2. The first-order chi connectivity index (χ1) is 21.6. The van der Waals surface area contributed by atoms with E-state index in [-0.39, 0.29) is 18.0 Å². The Labute approximate surface area is 266 Å². The molecule has 1 saturated heterocycles. The van der Waals surface area contributed by atoms with Crippen LogP contribution in [0.4, 0.5) is 16.4 Å². The number of nitrogens with one attached hydrogen (secondary N) is 2. The largest absolute Gasteiger partial charge is 0.444 e. The Morgan fingerprint density at radius 3 is 2.53 bits per heavy atom. The molecule has 1 aliphatic heterocycles. The van der Waals surface area contributed by atoms with Crippen molar-refractivity contribution in [3.05, 3.63) is 53.9 Å². The Bertz CT molecular complexity index is 1500. The zero-order chi connectivity index (χ0) is 32.0. The van der Waals surface area contributed by atoms with Crippen molar-refractivity contribution >= 4 is 23.6 Å². The maximum absolute atomic E-state index is 12.8. The van der Waals surface area contributed by atoms with Crippen molar-refractivity contribution in [2.24, 2.45) is 5.92 Å². The number of pyridine rings is 1. The van der Waals surface area contributed by atoms with Gasteiger partial charge in [-0.1, -0.05) is 19.3 Å². The second-order valence-corrected chi connectivity index (χ2v) is 13.3. The summed E-state index contributed by atoms with van der Waals surface area (Å²) < 4.78 is 11.9. The minimum atomic E-state index is -0.540. The van der Waals surface area contributed by atoms with Crippen LogP contribution in [-0.4, -0.2) is 56.6 Å². The first-order valence-electron chi connectivity index (χ1n) is 16.2. The van der Waals surface area contributed by atoms with Gasteiger partial charge in [-0.15, -0.1) is 0 Å². The number of rotatable bonds is 8. The maximum atomic E-state index is 12.8. The molecule has 3 heterocycles. The molecule has 1 aromatic carbocycles. The number of amides is 2. The summed E-state index contributed by atoms with van der Waals surface area (Å²) >= 11 is 0. The van der Waals surface area contributed by atoms with E-state index < -0.39 is 5.60 Å². The third kappa shape index (κ3) is 8.71. The summed E-state index contributed by atoms with van der Waals surface area (Å²) in [6.45, 7) is 10.8. The number of nitrogens with zero attached hydrogens (tertiary/aromatic N) is 4. The number of aromatic nitrogens is 3. The molecule has 1 atom stereocenters. The number of benzene rings is 1. The lowest BCUT2D eigenvalue weighted by molar-refractivity contribution is -0.117. The maximum Gasteiger partial charge on any atom is 0.410 e. The van der Waals surface area contributed by atoms with Crippen LogP contribution < -0.4 is 15.4 Å². The van der Waals surface area contributed by atoms with E-state index in [1.807, 2.05) is 65.0 Å². The van der Waals surface area contributed by atoms with Crippen LogP contribution in [0.1, 0.15) is 83.3 Å². The van der Waals surface area contributed by atoms with Crippen molar-refractivity contribution in [2.45, 2.75) is 97.6 Å². The zero-order valence-electron chi connectivity index (χ0n) is 27.2. The molecule has 0 radical (unpaired) electrons. The van der Waals surface area contributed by atoms with Crippen molar-refractivity contribution < 1.29 is 19.1 Å². The summed E-state index contributed by atoms with van der Waals surface area (Å²) in [5.74, 6) is 2.11. The number of hydrogen-bond donors (Lipinski definition) is 2. The van der Waals surface area contributed by atoms with E-state index in [9.17, 15) is 9.59 Å². The standard InChI is InChI=1S/C35H46N6O4/c1-23-24(2)30(16-15-28(23)39-31(42)21-25-11-7-6-8-12-25)44-32-27(14-9-18-36-32)29-17-19-37-33(40-29)38-26-13-10-20-41(22-26)34(43)45-35(3,4)5/h9,14-19,25-26H,6-8,10-13,20-22H2,1-5H3,(H,39,42)(H,37,38,40)/t26-/m0/s1. The molecule has 1 saturated carbocycles. The fourth-order valence-electron chi connectivity index (χ4n) is 6.02. The van der Waals surface area contributed by atoms with Crippen LogP contribution in [-0.2, 0) is 9.53 Å². The summed E-state index contributed by atoms with van der Waals surface area (Å²) in [6, 6.07) is 9.37. The van der Waals surface area contributed by atoms with Gasteiger partial charge >= 0.3 is 6.09 Å². The third-order valence-electron chi connectivity index (χ3n) is 8.53. The minimum absolute atomic E-state index is 0.00145. The van der Waals surface area contributed by atoms with Crippen LogP contribution >= 0.6 is 0 Å². The van der Waals surface area contributed by atoms with Crippen LogP contribution in [0.15, 0.2) is 42.7 Å². The van der Waals surface area contributed by atoms with Crippen LogP contribution in [0.3, 0.4) is 0 Å². The molecular weight excluding hydrogens is 568 g/mol. The van der Waals surface area contributed by atoms with Gasteiger partial charge in [-0.2, -0.15) is 0 Å². The molecule has 2 fully saturated rings. The molecule has 1 aliphatic carbocycles. The van der Waals surface area contributed by atoms with Gasteiger partial charge < -0.3 is 25.0 Å². The zero-order valence-corrected chi connectivity index (χ0v) is 27.2. The first kappa shape index (κ1) is 32.2. The lowest BCUT2D eigenvalue weighted by Crippen LogP contribution is -2.47. The van der Waals surface area contributed by atoms with Gasteiger partial charge in [-0.05, 0) is 108 Å². The first-order valence-corrected chi connectivity index (χ1v) is 16.2. The van der Waals surface area contributed by atoms with Gasteiger partial charge in [-0.3, -0.25) is 4.79 Å². The predicted octanol–water partition coefficient (Wildman–Crippen LogP) is 7.67. The monoisotopic (exact) mass is 614 g/mol.